The van der Waals surface area contributed by atoms with Crippen LogP contribution in [0.5, 0.6) is 0 Å². The molecule has 0 spiro atoms. The lowest BCUT2D eigenvalue weighted by atomic mass is 10.1. The van der Waals surface area contributed by atoms with Crippen molar-refractivity contribution in [3.63, 3.8) is 0 Å². The van der Waals surface area contributed by atoms with Gasteiger partial charge in [0.1, 0.15) is 11.6 Å². The number of rotatable bonds is 3. The number of hydrogen-bond acceptors (Lipinski definition) is 2. The molecule has 82 valence electrons. The van der Waals surface area contributed by atoms with E-state index in [2.05, 4.69) is 9.97 Å². The molecule has 1 heterocycles. The molecule has 0 atom stereocenters. The van der Waals surface area contributed by atoms with Crippen LogP contribution in [0.1, 0.15) is 16.2 Å². The lowest BCUT2D eigenvalue weighted by Gasteiger charge is -2.02. The van der Waals surface area contributed by atoms with E-state index in [9.17, 15) is 9.18 Å². The van der Waals surface area contributed by atoms with E-state index in [-0.39, 0.29) is 22.8 Å². The highest BCUT2D eigenvalue weighted by Gasteiger charge is 2.14. The molecule has 1 aromatic carbocycles. The molecule has 0 aliphatic rings. The van der Waals surface area contributed by atoms with Gasteiger partial charge in [0.05, 0.1) is 11.4 Å². The molecule has 0 amide bonds. The van der Waals surface area contributed by atoms with Crippen LogP contribution in [0.2, 0.25) is 5.02 Å². The number of hydrogen-bond donors (Lipinski definition) is 1. The number of nitrogens with one attached hydrogen (secondary N) is 1. The minimum Gasteiger partial charge on any atom is -0.348 e. The van der Waals surface area contributed by atoms with Gasteiger partial charge in [-0.2, -0.15) is 0 Å². The fraction of sp³-hybridized carbons (Fsp3) is 0.0909. The average Bonchev–Trinajstić information content (AvgIpc) is 2.74. The second kappa shape index (κ2) is 4.45. The highest BCUT2D eigenvalue weighted by Crippen LogP contribution is 2.20. The Bertz CT molecular complexity index is 511. The van der Waals surface area contributed by atoms with E-state index in [1.165, 1.54) is 18.2 Å². The average molecular weight is 239 g/mol. The van der Waals surface area contributed by atoms with E-state index in [4.69, 9.17) is 11.6 Å². The highest BCUT2D eigenvalue weighted by atomic mass is 35.5. The van der Waals surface area contributed by atoms with Gasteiger partial charge in [-0.05, 0) is 12.1 Å². The van der Waals surface area contributed by atoms with Gasteiger partial charge in [0.2, 0.25) is 0 Å². The number of nitrogens with zero attached hydrogens (tertiary/aromatic N) is 1. The molecule has 0 saturated carbocycles. The van der Waals surface area contributed by atoms with Gasteiger partial charge in [-0.15, -0.1) is 0 Å². The van der Waals surface area contributed by atoms with Crippen LogP contribution >= 0.6 is 11.6 Å². The van der Waals surface area contributed by atoms with Crippen LogP contribution in [0.25, 0.3) is 0 Å². The maximum atomic E-state index is 13.1. The van der Waals surface area contributed by atoms with Crippen molar-refractivity contribution in [1.29, 1.82) is 0 Å². The third-order valence-electron chi connectivity index (χ3n) is 2.13. The standard InChI is InChI=1S/C11H8ClFN2O/c12-11-7(2-1-3-8(11)13)9(16)6-10-14-4-5-15-10/h1-5H,6H2,(H,14,15). The van der Waals surface area contributed by atoms with Gasteiger partial charge in [0.15, 0.2) is 5.78 Å². The van der Waals surface area contributed by atoms with Gasteiger partial charge in [-0.3, -0.25) is 4.79 Å². The lowest BCUT2D eigenvalue weighted by Crippen LogP contribution is -2.06. The minimum atomic E-state index is -0.591. The first-order valence-electron chi connectivity index (χ1n) is 4.64. The van der Waals surface area contributed by atoms with Gasteiger partial charge < -0.3 is 4.98 Å². The van der Waals surface area contributed by atoms with Crippen molar-refractivity contribution in [1.82, 2.24) is 9.97 Å². The number of H-pyrrole nitrogens is 1. The molecule has 0 saturated heterocycles. The molecule has 3 nitrogen and oxygen atoms in total. The number of carbonyl (C=O) groups is 1. The maximum absolute atomic E-state index is 13.1. The van der Waals surface area contributed by atoms with Gasteiger partial charge in [0.25, 0.3) is 0 Å². The van der Waals surface area contributed by atoms with Crippen LogP contribution in [0.4, 0.5) is 4.39 Å². The molecule has 2 rings (SSSR count). The number of benzene rings is 1. The Labute approximate surface area is 96.3 Å². The molecule has 0 aliphatic heterocycles. The largest absolute Gasteiger partial charge is 0.348 e. The zero-order valence-electron chi connectivity index (χ0n) is 8.21. The summed E-state index contributed by atoms with van der Waals surface area (Å²) in [5.74, 6) is -0.322. The highest BCUT2D eigenvalue weighted by molar-refractivity contribution is 6.34. The third-order valence-corrected chi connectivity index (χ3v) is 2.52. The number of aromatic nitrogens is 2. The Balaban J connectivity index is 2.24. The van der Waals surface area contributed by atoms with Gasteiger partial charge in [-0.25, -0.2) is 9.37 Å². The predicted octanol–water partition coefficient (Wildman–Crippen LogP) is 2.63. The first kappa shape index (κ1) is 10.8. The summed E-state index contributed by atoms with van der Waals surface area (Å²) in [7, 11) is 0. The normalized spacial score (nSPS) is 10.4. The Morgan fingerprint density at radius 2 is 2.31 bits per heavy atom. The molecule has 0 bridgehead atoms. The van der Waals surface area contributed by atoms with Crippen molar-refractivity contribution in [2.24, 2.45) is 0 Å². The summed E-state index contributed by atoms with van der Waals surface area (Å²) in [4.78, 5) is 18.5. The van der Waals surface area contributed by atoms with Gasteiger partial charge in [0, 0.05) is 18.0 Å². The van der Waals surface area contributed by atoms with E-state index in [0.29, 0.717) is 5.82 Å². The fourth-order valence-corrected chi connectivity index (χ4v) is 1.59. The van der Waals surface area contributed by atoms with Crippen molar-refractivity contribution in [2.45, 2.75) is 6.42 Å². The summed E-state index contributed by atoms with van der Waals surface area (Å²) in [5.41, 5.74) is 0.179. The molecule has 1 aromatic heterocycles. The topological polar surface area (TPSA) is 45.8 Å². The summed E-state index contributed by atoms with van der Waals surface area (Å²) >= 11 is 5.70. The number of aromatic amines is 1. The van der Waals surface area contributed by atoms with Gasteiger partial charge in [-0.1, -0.05) is 17.7 Å². The maximum Gasteiger partial charge on any atom is 0.171 e. The molecule has 16 heavy (non-hydrogen) atoms. The number of carbonyl (C=O) groups excluding carboxylic acids is 1. The van der Waals surface area contributed by atoms with Crippen molar-refractivity contribution in [3.8, 4) is 0 Å². The van der Waals surface area contributed by atoms with E-state index in [1.807, 2.05) is 0 Å². The predicted molar refractivity (Wildman–Crippen MR) is 58.0 cm³/mol. The van der Waals surface area contributed by atoms with Crippen molar-refractivity contribution in [3.05, 3.63) is 52.8 Å². The molecular formula is C11H8ClFN2O. The number of ketones is 1. The molecule has 0 aliphatic carbocycles. The fourth-order valence-electron chi connectivity index (χ4n) is 1.36. The summed E-state index contributed by atoms with van der Waals surface area (Å²) in [6.07, 6.45) is 3.25. The summed E-state index contributed by atoms with van der Waals surface area (Å²) < 4.78 is 13.1. The van der Waals surface area contributed by atoms with Crippen LogP contribution < -0.4 is 0 Å². The lowest BCUT2D eigenvalue weighted by molar-refractivity contribution is 0.0990. The van der Waals surface area contributed by atoms with Crippen molar-refractivity contribution >= 4 is 17.4 Å². The SMILES string of the molecule is O=C(Cc1ncc[nH]1)c1cccc(F)c1Cl. The smallest absolute Gasteiger partial charge is 0.171 e. The van der Waals surface area contributed by atoms with Crippen LogP contribution in [0, 0.1) is 5.82 Å². The first-order valence-corrected chi connectivity index (χ1v) is 5.01. The minimum absolute atomic E-state index is 0.0795. The second-order valence-electron chi connectivity index (χ2n) is 3.24. The van der Waals surface area contributed by atoms with E-state index in [0.717, 1.165) is 0 Å². The van der Waals surface area contributed by atoms with E-state index < -0.39 is 5.82 Å². The van der Waals surface area contributed by atoms with E-state index >= 15 is 0 Å². The zero-order chi connectivity index (χ0) is 11.5. The molecule has 0 unspecified atom stereocenters. The molecule has 1 N–H and O–H groups in total. The Morgan fingerprint density at radius 3 is 3.00 bits per heavy atom. The van der Waals surface area contributed by atoms with Crippen molar-refractivity contribution in [2.75, 3.05) is 0 Å². The van der Waals surface area contributed by atoms with Crippen LogP contribution in [-0.4, -0.2) is 15.8 Å². The van der Waals surface area contributed by atoms with Crippen molar-refractivity contribution < 1.29 is 9.18 Å². The monoisotopic (exact) mass is 238 g/mol. The van der Waals surface area contributed by atoms with Crippen LogP contribution in [-0.2, 0) is 6.42 Å². The second-order valence-corrected chi connectivity index (χ2v) is 3.62. The summed E-state index contributed by atoms with van der Waals surface area (Å²) in [6, 6.07) is 4.17. The van der Waals surface area contributed by atoms with Crippen LogP contribution in [0.15, 0.2) is 30.6 Å². The quantitative estimate of drug-likeness (QED) is 0.836. The summed E-state index contributed by atoms with van der Waals surface area (Å²) in [5, 5.41) is -0.140. The molecule has 0 radical (unpaired) electrons. The number of Topliss-reactive ketones (excluding diaryl/α,β-unsaturated/α-hetero) is 1. The summed E-state index contributed by atoms with van der Waals surface area (Å²) in [6.45, 7) is 0. The van der Waals surface area contributed by atoms with Crippen LogP contribution in [0.3, 0.4) is 0 Å². The van der Waals surface area contributed by atoms with E-state index in [1.54, 1.807) is 12.4 Å². The Hall–Kier alpha value is -1.68. The Morgan fingerprint density at radius 1 is 1.50 bits per heavy atom. The molecule has 2 aromatic rings. The number of halogens is 2. The molecule has 0 fully saturated rings. The Kier molecular flexibility index (Phi) is 3.01. The zero-order valence-corrected chi connectivity index (χ0v) is 8.96. The molecular weight excluding hydrogens is 231 g/mol. The third kappa shape index (κ3) is 2.12. The molecule has 5 heteroatoms. The van der Waals surface area contributed by atoms with Gasteiger partial charge >= 0.3 is 0 Å². The number of imidazole rings is 1. The first-order chi connectivity index (χ1) is 7.68.